The number of rotatable bonds is 5. The second-order valence-corrected chi connectivity index (χ2v) is 9.66. The Hall–Kier alpha value is -1.34. The molecule has 0 aromatic rings. The molecule has 2 rings (SSSR count). The van der Waals surface area contributed by atoms with E-state index in [2.05, 4.69) is 64.9 Å². The molecule has 0 radical (unpaired) electrons. The van der Waals surface area contributed by atoms with Crippen LogP contribution < -0.4 is 10.6 Å². The summed E-state index contributed by atoms with van der Waals surface area (Å²) < 4.78 is 0. The van der Waals surface area contributed by atoms with Crippen LogP contribution in [-0.2, 0) is 4.79 Å². The summed E-state index contributed by atoms with van der Waals surface area (Å²) in [7, 11) is 1.84. The highest BCUT2D eigenvalue weighted by atomic mass is 16.2. The van der Waals surface area contributed by atoms with Crippen molar-refractivity contribution < 1.29 is 4.79 Å². The number of likely N-dealkylation sites (tertiary alicyclic amines) is 1. The largest absolute Gasteiger partial charge is 0.355 e. The van der Waals surface area contributed by atoms with Crippen molar-refractivity contribution in [1.82, 2.24) is 25.3 Å². The number of nitrogens with zero attached hydrogens (tertiary/aromatic N) is 4. The molecule has 2 saturated heterocycles. The van der Waals surface area contributed by atoms with Crippen LogP contribution in [-0.4, -0.2) is 98.1 Å². The first kappa shape index (κ1) is 22.9. The van der Waals surface area contributed by atoms with Crippen LogP contribution in [0.2, 0.25) is 0 Å². The molecule has 2 aliphatic heterocycles. The van der Waals surface area contributed by atoms with Crippen LogP contribution in [0.4, 0.5) is 0 Å². The lowest BCUT2D eigenvalue weighted by Gasteiger charge is -2.39. The van der Waals surface area contributed by atoms with Gasteiger partial charge in [0, 0.05) is 64.9 Å². The van der Waals surface area contributed by atoms with Crippen LogP contribution in [0.3, 0.4) is 0 Å². The maximum absolute atomic E-state index is 12.7. The molecule has 0 aromatic carbocycles. The van der Waals surface area contributed by atoms with E-state index in [1.165, 1.54) is 6.42 Å². The van der Waals surface area contributed by atoms with Gasteiger partial charge in [-0.05, 0) is 39.0 Å². The monoisotopic (exact) mass is 394 g/mol. The summed E-state index contributed by atoms with van der Waals surface area (Å²) in [6.07, 6.45) is 1.24. The molecule has 2 N–H and O–H groups in total. The van der Waals surface area contributed by atoms with E-state index in [4.69, 9.17) is 0 Å². The van der Waals surface area contributed by atoms with E-state index >= 15 is 0 Å². The van der Waals surface area contributed by atoms with Gasteiger partial charge in [0.05, 0.1) is 6.54 Å². The van der Waals surface area contributed by atoms with Crippen LogP contribution >= 0.6 is 0 Å². The van der Waals surface area contributed by atoms with E-state index in [9.17, 15) is 4.79 Å². The summed E-state index contributed by atoms with van der Waals surface area (Å²) in [5.74, 6) is 2.49. The summed E-state index contributed by atoms with van der Waals surface area (Å²) in [5.41, 5.74) is 0.132. The Kier molecular flexibility index (Phi) is 8.56. The maximum atomic E-state index is 12.7. The summed E-state index contributed by atoms with van der Waals surface area (Å²) in [6.45, 7) is 18.8. The number of piperazine rings is 1. The Balaban J connectivity index is 1.71. The molecule has 28 heavy (non-hydrogen) atoms. The zero-order chi connectivity index (χ0) is 20.7. The van der Waals surface area contributed by atoms with Crippen LogP contribution in [0.25, 0.3) is 0 Å². The predicted octanol–water partition coefficient (Wildman–Crippen LogP) is 1.07. The third kappa shape index (κ3) is 7.59. The molecule has 2 aliphatic rings. The topological polar surface area (TPSA) is 63.2 Å². The van der Waals surface area contributed by atoms with Crippen LogP contribution in [0.1, 0.15) is 41.0 Å². The minimum Gasteiger partial charge on any atom is -0.355 e. The molecule has 2 heterocycles. The number of carbonyl (C=O) groups is 1. The number of guanidine groups is 1. The zero-order valence-electron chi connectivity index (χ0n) is 18.9. The van der Waals surface area contributed by atoms with E-state index in [1.807, 2.05) is 7.05 Å². The third-order valence-electron chi connectivity index (χ3n) is 5.53. The van der Waals surface area contributed by atoms with Crippen molar-refractivity contribution in [3.8, 4) is 0 Å². The van der Waals surface area contributed by atoms with Crippen molar-refractivity contribution in [3.05, 3.63) is 0 Å². The lowest BCUT2D eigenvalue weighted by atomic mass is 9.92. The van der Waals surface area contributed by atoms with Gasteiger partial charge in [0.15, 0.2) is 5.96 Å². The smallest absolute Gasteiger partial charge is 0.236 e. The highest BCUT2D eigenvalue weighted by Crippen LogP contribution is 2.21. The van der Waals surface area contributed by atoms with E-state index in [0.29, 0.717) is 24.3 Å². The number of carbonyl (C=O) groups excluding carboxylic acids is 1. The van der Waals surface area contributed by atoms with Crippen molar-refractivity contribution in [2.24, 2.45) is 16.8 Å². The highest BCUT2D eigenvalue weighted by Gasteiger charge is 2.28. The molecule has 2 atom stereocenters. The van der Waals surface area contributed by atoms with Gasteiger partial charge in [-0.25, -0.2) is 0 Å². The number of piperidine rings is 1. The Labute approximate surface area is 171 Å². The van der Waals surface area contributed by atoms with Gasteiger partial charge in [-0.15, -0.1) is 0 Å². The minimum atomic E-state index is 0.132. The molecule has 2 fully saturated rings. The lowest BCUT2D eigenvalue weighted by molar-refractivity contribution is -0.135. The first-order chi connectivity index (χ1) is 13.2. The lowest BCUT2D eigenvalue weighted by Crippen LogP contribution is -2.55. The normalized spacial score (nSPS) is 25.1. The highest BCUT2D eigenvalue weighted by molar-refractivity contribution is 5.80. The number of amides is 1. The van der Waals surface area contributed by atoms with Crippen molar-refractivity contribution in [2.75, 3.05) is 66.0 Å². The van der Waals surface area contributed by atoms with Gasteiger partial charge < -0.3 is 20.4 Å². The molecule has 0 aliphatic carbocycles. The molecule has 0 saturated carbocycles. The summed E-state index contributed by atoms with van der Waals surface area (Å²) in [4.78, 5) is 23.8. The molecule has 0 bridgehead atoms. The summed E-state index contributed by atoms with van der Waals surface area (Å²) >= 11 is 0. The number of aliphatic imine (C=N–C) groups is 1. The molecule has 7 heteroatoms. The molecule has 7 nitrogen and oxygen atoms in total. The van der Waals surface area contributed by atoms with Crippen molar-refractivity contribution in [3.63, 3.8) is 0 Å². The predicted molar refractivity (Wildman–Crippen MR) is 117 cm³/mol. The summed E-state index contributed by atoms with van der Waals surface area (Å²) in [5, 5.41) is 6.93. The van der Waals surface area contributed by atoms with Gasteiger partial charge in [-0.2, -0.15) is 0 Å². The molecule has 162 valence electrons. The third-order valence-corrected chi connectivity index (χ3v) is 5.53. The van der Waals surface area contributed by atoms with Crippen molar-refractivity contribution in [2.45, 2.75) is 46.6 Å². The van der Waals surface area contributed by atoms with Gasteiger partial charge in [-0.3, -0.25) is 14.7 Å². The van der Waals surface area contributed by atoms with Crippen LogP contribution in [0, 0.1) is 11.8 Å². The van der Waals surface area contributed by atoms with Gasteiger partial charge in [0.1, 0.15) is 0 Å². The Morgan fingerprint density at radius 3 is 2.14 bits per heavy atom. The van der Waals surface area contributed by atoms with Crippen LogP contribution in [0.15, 0.2) is 4.99 Å². The van der Waals surface area contributed by atoms with Gasteiger partial charge in [0.25, 0.3) is 0 Å². The SMILES string of the molecule is CN=C(NCCNC(C)(C)C)N1CCN(CC(=O)N2CC(C)CC(C)C2)CC1. The average Bonchev–Trinajstić information content (AvgIpc) is 2.61. The van der Waals surface area contributed by atoms with Crippen molar-refractivity contribution >= 4 is 11.9 Å². The number of nitrogens with one attached hydrogen (secondary N) is 2. The second-order valence-electron chi connectivity index (χ2n) is 9.66. The minimum absolute atomic E-state index is 0.132. The Bertz CT molecular complexity index is 511. The van der Waals surface area contributed by atoms with Gasteiger partial charge in [-0.1, -0.05) is 13.8 Å². The Morgan fingerprint density at radius 1 is 1.00 bits per heavy atom. The van der Waals surface area contributed by atoms with Crippen LogP contribution in [0.5, 0.6) is 0 Å². The van der Waals surface area contributed by atoms with Crippen molar-refractivity contribution in [1.29, 1.82) is 0 Å². The quantitative estimate of drug-likeness (QED) is 0.415. The average molecular weight is 395 g/mol. The fourth-order valence-corrected chi connectivity index (χ4v) is 4.22. The molecule has 2 unspecified atom stereocenters. The summed E-state index contributed by atoms with van der Waals surface area (Å²) in [6, 6.07) is 0. The standard InChI is InChI=1S/C21H42N6O/c1-17-13-18(2)15-27(14-17)19(28)16-25-9-11-26(12-10-25)20(22-6)23-7-8-24-21(3,4)5/h17-18,24H,7-16H2,1-6H3,(H,22,23). The molecule has 0 aromatic heterocycles. The van der Waals surface area contributed by atoms with Gasteiger partial charge in [0.2, 0.25) is 5.91 Å². The Morgan fingerprint density at radius 2 is 1.61 bits per heavy atom. The van der Waals surface area contributed by atoms with E-state index in [0.717, 1.165) is 58.3 Å². The van der Waals surface area contributed by atoms with E-state index in [-0.39, 0.29) is 5.54 Å². The maximum Gasteiger partial charge on any atom is 0.236 e. The second kappa shape index (κ2) is 10.4. The molecule has 0 spiro atoms. The fraction of sp³-hybridized carbons (Fsp3) is 0.905. The zero-order valence-corrected chi connectivity index (χ0v) is 18.9. The molecule has 1 amide bonds. The first-order valence-electron chi connectivity index (χ1n) is 10.9. The molecular weight excluding hydrogens is 352 g/mol. The molecular formula is C21H42N6O. The number of hydrogen-bond donors (Lipinski definition) is 2. The van der Waals surface area contributed by atoms with Gasteiger partial charge >= 0.3 is 0 Å². The van der Waals surface area contributed by atoms with E-state index in [1.54, 1.807) is 0 Å². The fourth-order valence-electron chi connectivity index (χ4n) is 4.22. The number of hydrogen-bond acceptors (Lipinski definition) is 4. The van der Waals surface area contributed by atoms with E-state index < -0.39 is 0 Å². The first-order valence-corrected chi connectivity index (χ1v) is 10.9.